The van der Waals surface area contributed by atoms with E-state index in [2.05, 4.69) is 24.3 Å². The monoisotopic (exact) mass is 287 g/mol. The Labute approximate surface area is 127 Å². The lowest BCUT2D eigenvalue weighted by Gasteiger charge is -2.11. The number of ether oxygens (including phenoxy) is 1. The molecule has 0 fully saturated rings. The Bertz CT molecular complexity index is 563. The van der Waals surface area contributed by atoms with E-state index in [1.807, 2.05) is 42.1 Å². The summed E-state index contributed by atoms with van der Waals surface area (Å²) in [6, 6.07) is 8.02. The van der Waals surface area contributed by atoms with Crippen LogP contribution in [-0.4, -0.2) is 22.9 Å². The van der Waals surface area contributed by atoms with Gasteiger partial charge in [0.2, 0.25) is 0 Å². The van der Waals surface area contributed by atoms with E-state index >= 15 is 0 Å². The lowest BCUT2D eigenvalue weighted by Crippen LogP contribution is -2.15. The van der Waals surface area contributed by atoms with Crippen LogP contribution in [0.5, 0.6) is 5.75 Å². The van der Waals surface area contributed by atoms with E-state index in [1.54, 1.807) is 0 Å². The quantitative estimate of drug-likeness (QED) is 0.756. The van der Waals surface area contributed by atoms with Crippen LogP contribution in [0.25, 0.3) is 5.69 Å². The normalized spacial score (nSPS) is 10.8. The lowest BCUT2D eigenvalue weighted by molar-refractivity contribution is 0.338. The second-order valence-electron chi connectivity index (χ2n) is 5.10. The zero-order valence-electron chi connectivity index (χ0n) is 13.2. The molecule has 0 amide bonds. The van der Waals surface area contributed by atoms with Crippen molar-refractivity contribution in [3.05, 3.63) is 41.7 Å². The van der Waals surface area contributed by atoms with Gasteiger partial charge in [-0.15, -0.1) is 0 Å². The summed E-state index contributed by atoms with van der Waals surface area (Å²) in [4.78, 5) is 0. The highest BCUT2D eigenvalue weighted by Gasteiger charge is 2.11. The highest BCUT2D eigenvalue weighted by molar-refractivity contribution is 5.47. The fourth-order valence-electron chi connectivity index (χ4n) is 2.29. The number of hydrogen-bond donors (Lipinski definition) is 1. The largest absolute Gasteiger partial charge is 0.492 e. The Kier molecular flexibility index (Phi) is 5.81. The molecule has 2 rings (SSSR count). The second-order valence-corrected chi connectivity index (χ2v) is 5.10. The molecule has 0 aliphatic carbocycles. The van der Waals surface area contributed by atoms with Crippen LogP contribution in [-0.2, 0) is 6.54 Å². The van der Waals surface area contributed by atoms with Crippen LogP contribution >= 0.6 is 0 Å². The summed E-state index contributed by atoms with van der Waals surface area (Å²) in [5, 5.41) is 7.99. The summed E-state index contributed by atoms with van der Waals surface area (Å²) < 4.78 is 7.65. The van der Waals surface area contributed by atoms with Crippen molar-refractivity contribution < 1.29 is 4.74 Å². The second kappa shape index (κ2) is 7.84. The molecule has 4 nitrogen and oxygen atoms in total. The zero-order chi connectivity index (χ0) is 15.1. The fraction of sp³-hybridized carbons (Fsp3) is 0.471. The van der Waals surface area contributed by atoms with Crippen LogP contribution < -0.4 is 10.1 Å². The van der Waals surface area contributed by atoms with Crippen molar-refractivity contribution in [1.29, 1.82) is 0 Å². The van der Waals surface area contributed by atoms with Crippen LogP contribution in [0, 0.1) is 6.92 Å². The first kappa shape index (κ1) is 15.6. The molecule has 1 aromatic carbocycles. The van der Waals surface area contributed by atoms with Crippen LogP contribution in [0.1, 0.15) is 37.9 Å². The highest BCUT2D eigenvalue weighted by Crippen LogP contribution is 2.24. The number of aromatic nitrogens is 2. The SMILES string of the molecule is CCCCNCc1cnn(-c2ccccc2OCC)c1C. The smallest absolute Gasteiger partial charge is 0.144 e. The molecule has 0 atom stereocenters. The van der Waals surface area contributed by atoms with Gasteiger partial charge in [-0.25, -0.2) is 4.68 Å². The molecule has 1 N–H and O–H groups in total. The number of benzene rings is 1. The van der Waals surface area contributed by atoms with Crippen molar-refractivity contribution in [2.45, 2.75) is 40.2 Å². The maximum absolute atomic E-state index is 5.69. The van der Waals surface area contributed by atoms with Crippen molar-refractivity contribution in [3.8, 4) is 11.4 Å². The van der Waals surface area contributed by atoms with Gasteiger partial charge in [-0.3, -0.25) is 0 Å². The predicted molar refractivity (Wildman–Crippen MR) is 86.1 cm³/mol. The predicted octanol–water partition coefficient (Wildman–Crippen LogP) is 3.47. The van der Waals surface area contributed by atoms with Gasteiger partial charge in [0, 0.05) is 17.8 Å². The molecule has 0 aliphatic heterocycles. The van der Waals surface area contributed by atoms with E-state index < -0.39 is 0 Å². The van der Waals surface area contributed by atoms with Gasteiger partial charge in [-0.1, -0.05) is 25.5 Å². The van der Waals surface area contributed by atoms with Gasteiger partial charge in [0.15, 0.2) is 0 Å². The molecule has 2 aromatic rings. The van der Waals surface area contributed by atoms with Gasteiger partial charge in [0.1, 0.15) is 11.4 Å². The third-order valence-electron chi connectivity index (χ3n) is 3.53. The van der Waals surface area contributed by atoms with E-state index in [1.165, 1.54) is 18.4 Å². The maximum Gasteiger partial charge on any atom is 0.144 e. The van der Waals surface area contributed by atoms with Crippen LogP contribution in [0.2, 0.25) is 0 Å². The van der Waals surface area contributed by atoms with Crippen molar-refractivity contribution in [2.24, 2.45) is 0 Å². The summed E-state index contributed by atoms with van der Waals surface area (Å²) in [7, 11) is 0. The molecular weight excluding hydrogens is 262 g/mol. The van der Waals surface area contributed by atoms with E-state index in [0.717, 1.165) is 30.2 Å². The first-order valence-corrected chi connectivity index (χ1v) is 7.74. The summed E-state index contributed by atoms with van der Waals surface area (Å²) >= 11 is 0. The summed E-state index contributed by atoms with van der Waals surface area (Å²) in [6.45, 7) is 8.88. The Morgan fingerprint density at radius 2 is 2.05 bits per heavy atom. The highest BCUT2D eigenvalue weighted by atomic mass is 16.5. The summed E-state index contributed by atoms with van der Waals surface area (Å²) in [5.41, 5.74) is 3.39. The minimum Gasteiger partial charge on any atom is -0.492 e. The van der Waals surface area contributed by atoms with E-state index in [9.17, 15) is 0 Å². The molecule has 21 heavy (non-hydrogen) atoms. The third-order valence-corrected chi connectivity index (χ3v) is 3.53. The number of nitrogens with zero attached hydrogens (tertiary/aromatic N) is 2. The van der Waals surface area contributed by atoms with Crippen LogP contribution in [0.4, 0.5) is 0 Å². The molecular formula is C17H25N3O. The Morgan fingerprint density at radius 1 is 1.24 bits per heavy atom. The molecule has 1 heterocycles. The van der Waals surface area contributed by atoms with Gasteiger partial charge >= 0.3 is 0 Å². The molecule has 0 saturated carbocycles. The van der Waals surface area contributed by atoms with Crippen LogP contribution in [0.3, 0.4) is 0 Å². The maximum atomic E-state index is 5.69. The van der Waals surface area contributed by atoms with E-state index in [4.69, 9.17) is 4.74 Å². The molecule has 0 spiro atoms. The lowest BCUT2D eigenvalue weighted by atomic mass is 10.2. The van der Waals surface area contributed by atoms with Crippen molar-refractivity contribution in [1.82, 2.24) is 15.1 Å². The number of hydrogen-bond acceptors (Lipinski definition) is 3. The fourth-order valence-corrected chi connectivity index (χ4v) is 2.29. The van der Waals surface area contributed by atoms with Crippen molar-refractivity contribution in [2.75, 3.05) is 13.2 Å². The molecule has 0 bridgehead atoms. The van der Waals surface area contributed by atoms with Crippen molar-refractivity contribution in [3.63, 3.8) is 0 Å². The number of unbranched alkanes of at least 4 members (excludes halogenated alkanes) is 1. The first-order chi connectivity index (χ1) is 10.3. The number of rotatable bonds is 8. The molecule has 0 aliphatic rings. The van der Waals surface area contributed by atoms with Gasteiger partial charge in [0.05, 0.1) is 12.8 Å². The average Bonchev–Trinajstić information content (AvgIpc) is 2.86. The Balaban J connectivity index is 2.16. The van der Waals surface area contributed by atoms with Gasteiger partial charge in [-0.2, -0.15) is 5.10 Å². The van der Waals surface area contributed by atoms with E-state index in [0.29, 0.717) is 6.61 Å². The molecule has 114 valence electrons. The van der Waals surface area contributed by atoms with Gasteiger partial charge < -0.3 is 10.1 Å². The first-order valence-electron chi connectivity index (χ1n) is 7.74. The van der Waals surface area contributed by atoms with Gasteiger partial charge in [-0.05, 0) is 38.9 Å². The minimum atomic E-state index is 0.656. The van der Waals surface area contributed by atoms with Gasteiger partial charge in [0.25, 0.3) is 0 Å². The minimum absolute atomic E-state index is 0.656. The Morgan fingerprint density at radius 3 is 2.81 bits per heavy atom. The van der Waals surface area contributed by atoms with E-state index in [-0.39, 0.29) is 0 Å². The summed E-state index contributed by atoms with van der Waals surface area (Å²) in [5.74, 6) is 0.872. The average molecular weight is 287 g/mol. The number of nitrogens with one attached hydrogen (secondary N) is 1. The zero-order valence-corrected chi connectivity index (χ0v) is 13.2. The molecule has 0 saturated heterocycles. The molecule has 4 heteroatoms. The standard InChI is InChI=1S/C17H25N3O/c1-4-6-11-18-12-15-13-19-20(14(15)3)16-9-7-8-10-17(16)21-5-2/h7-10,13,18H,4-6,11-12H2,1-3H3. The molecule has 1 aromatic heterocycles. The molecule has 0 unspecified atom stereocenters. The Hall–Kier alpha value is -1.81. The summed E-state index contributed by atoms with van der Waals surface area (Å²) in [6.07, 6.45) is 4.37. The van der Waals surface area contributed by atoms with Crippen molar-refractivity contribution >= 4 is 0 Å². The molecule has 0 radical (unpaired) electrons. The topological polar surface area (TPSA) is 39.1 Å². The number of para-hydroxylation sites is 2. The third kappa shape index (κ3) is 3.85. The van der Waals surface area contributed by atoms with Crippen LogP contribution in [0.15, 0.2) is 30.5 Å².